The molecule has 1 N–H and O–H groups in total. The van der Waals surface area contributed by atoms with Crippen molar-refractivity contribution in [1.82, 2.24) is 0 Å². The van der Waals surface area contributed by atoms with Crippen molar-refractivity contribution in [1.29, 1.82) is 0 Å². The molecule has 2 aromatic carbocycles. The quantitative estimate of drug-likeness (QED) is 0.833. The van der Waals surface area contributed by atoms with E-state index in [0.29, 0.717) is 17.7 Å². The minimum atomic E-state index is -5.79. The second-order valence-electron chi connectivity index (χ2n) is 4.50. The Balaban J connectivity index is 2.61. The number of carboxylic acids is 1. The highest BCUT2D eigenvalue weighted by Gasteiger charge is 2.58. The highest BCUT2D eigenvalue weighted by atomic mass is 19.4. The van der Waals surface area contributed by atoms with Crippen LogP contribution in [0.2, 0.25) is 0 Å². The summed E-state index contributed by atoms with van der Waals surface area (Å²) >= 11 is 0. The number of aromatic carboxylic acids is 1. The van der Waals surface area contributed by atoms with E-state index in [1.54, 1.807) is 18.2 Å². The van der Waals surface area contributed by atoms with Crippen LogP contribution in [0.3, 0.4) is 0 Å². The fourth-order valence-electron chi connectivity index (χ4n) is 1.95. The normalized spacial score (nSPS) is 12.2. The number of carboxylic acid groups (broad SMARTS) is 1. The van der Waals surface area contributed by atoms with Crippen LogP contribution in [0.1, 0.15) is 15.9 Å². The molecule has 0 saturated heterocycles. The molecule has 0 aromatic heterocycles. The van der Waals surface area contributed by atoms with Crippen LogP contribution in [-0.2, 0) is 5.92 Å². The Morgan fingerprint density at radius 2 is 1.50 bits per heavy atom. The van der Waals surface area contributed by atoms with E-state index >= 15 is 0 Å². The molecule has 0 fully saturated rings. The summed E-state index contributed by atoms with van der Waals surface area (Å²) in [5.74, 6) is -6.70. The second kappa shape index (κ2) is 5.40. The Morgan fingerprint density at radius 1 is 0.909 bits per heavy atom. The van der Waals surface area contributed by atoms with E-state index in [9.17, 15) is 26.7 Å². The average molecular weight is 316 g/mol. The first-order valence-electron chi connectivity index (χ1n) is 6.02. The minimum absolute atomic E-state index is 0.0647. The number of halogens is 5. The van der Waals surface area contributed by atoms with Crippen molar-refractivity contribution in [3.05, 3.63) is 59.7 Å². The lowest BCUT2D eigenvalue weighted by molar-refractivity contribution is -0.289. The average Bonchev–Trinajstić information content (AvgIpc) is 2.46. The van der Waals surface area contributed by atoms with Crippen LogP contribution in [0.25, 0.3) is 11.1 Å². The van der Waals surface area contributed by atoms with Gasteiger partial charge in [0.15, 0.2) is 0 Å². The Kier molecular flexibility index (Phi) is 3.91. The van der Waals surface area contributed by atoms with Crippen molar-refractivity contribution in [3.8, 4) is 11.1 Å². The fourth-order valence-corrected chi connectivity index (χ4v) is 1.95. The SMILES string of the molecule is O=C(O)c1cc(C(F)(F)C(F)(F)F)ccc1-c1ccccc1. The maximum absolute atomic E-state index is 13.3. The zero-order valence-corrected chi connectivity index (χ0v) is 10.9. The van der Waals surface area contributed by atoms with Crippen molar-refractivity contribution >= 4 is 5.97 Å². The van der Waals surface area contributed by atoms with Gasteiger partial charge in [0, 0.05) is 5.56 Å². The lowest BCUT2D eigenvalue weighted by atomic mass is 9.95. The van der Waals surface area contributed by atoms with Gasteiger partial charge in [-0.1, -0.05) is 42.5 Å². The van der Waals surface area contributed by atoms with Gasteiger partial charge < -0.3 is 5.11 Å². The molecule has 7 heteroatoms. The first kappa shape index (κ1) is 15.9. The first-order valence-corrected chi connectivity index (χ1v) is 6.02. The first-order chi connectivity index (χ1) is 10.1. The van der Waals surface area contributed by atoms with Crippen molar-refractivity contribution < 1.29 is 31.9 Å². The van der Waals surface area contributed by atoms with Crippen LogP contribution in [-0.4, -0.2) is 17.3 Å². The van der Waals surface area contributed by atoms with Crippen LogP contribution in [0.15, 0.2) is 48.5 Å². The van der Waals surface area contributed by atoms with Crippen molar-refractivity contribution in [2.45, 2.75) is 12.1 Å². The molecule has 0 bridgehead atoms. The van der Waals surface area contributed by atoms with Crippen molar-refractivity contribution in [2.24, 2.45) is 0 Å². The molecule has 0 saturated carbocycles. The highest BCUT2D eigenvalue weighted by Crippen LogP contribution is 2.44. The summed E-state index contributed by atoms with van der Waals surface area (Å²) in [4.78, 5) is 11.2. The molecular weight excluding hydrogens is 307 g/mol. The molecular formula is C15H9F5O2. The van der Waals surface area contributed by atoms with Crippen molar-refractivity contribution in [3.63, 3.8) is 0 Å². The summed E-state index contributed by atoms with van der Waals surface area (Å²) < 4.78 is 63.8. The van der Waals surface area contributed by atoms with E-state index in [2.05, 4.69) is 0 Å². The molecule has 0 aliphatic carbocycles. The maximum Gasteiger partial charge on any atom is 0.458 e. The van der Waals surface area contributed by atoms with Gasteiger partial charge in [0.1, 0.15) is 0 Å². The summed E-state index contributed by atoms with van der Waals surface area (Å²) in [5, 5.41) is 9.09. The summed E-state index contributed by atoms with van der Waals surface area (Å²) in [5.41, 5.74) is -1.55. The summed E-state index contributed by atoms with van der Waals surface area (Å²) in [6.07, 6.45) is -5.79. The number of rotatable bonds is 3. The lowest BCUT2D eigenvalue weighted by Crippen LogP contribution is -2.33. The van der Waals surface area contributed by atoms with Crippen LogP contribution in [0, 0.1) is 0 Å². The second-order valence-corrected chi connectivity index (χ2v) is 4.50. The standard InChI is InChI=1S/C15H9F5O2/c16-14(17,15(18,19)20)10-6-7-11(12(8-10)13(21)22)9-4-2-1-3-5-9/h1-8H,(H,21,22). The Labute approximate surface area is 121 Å². The summed E-state index contributed by atoms with van der Waals surface area (Å²) in [6.45, 7) is 0. The summed E-state index contributed by atoms with van der Waals surface area (Å²) in [6, 6.07) is 9.81. The van der Waals surface area contributed by atoms with Gasteiger partial charge in [0.25, 0.3) is 0 Å². The molecule has 116 valence electrons. The molecule has 2 aromatic rings. The Hall–Kier alpha value is -2.44. The third-order valence-corrected chi connectivity index (χ3v) is 3.05. The third kappa shape index (κ3) is 2.79. The monoisotopic (exact) mass is 316 g/mol. The van der Waals surface area contributed by atoms with E-state index < -0.39 is 29.2 Å². The van der Waals surface area contributed by atoms with Gasteiger partial charge in [-0.25, -0.2) is 4.79 Å². The van der Waals surface area contributed by atoms with Crippen LogP contribution in [0.4, 0.5) is 22.0 Å². The van der Waals surface area contributed by atoms with Gasteiger partial charge in [-0.15, -0.1) is 0 Å². The number of hydrogen-bond donors (Lipinski definition) is 1. The van der Waals surface area contributed by atoms with Gasteiger partial charge >= 0.3 is 18.1 Å². The Morgan fingerprint density at radius 3 is 2.00 bits per heavy atom. The van der Waals surface area contributed by atoms with E-state index in [4.69, 9.17) is 5.11 Å². The van der Waals surface area contributed by atoms with Crippen LogP contribution in [0.5, 0.6) is 0 Å². The Bertz CT molecular complexity index is 693. The zero-order chi connectivity index (χ0) is 16.5. The van der Waals surface area contributed by atoms with Gasteiger partial charge in [0.2, 0.25) is 0 Å². The number of benzene rings is 2. The third-order valence-electron chi connectivity index (χ3n) is 3.05. The lowest BCUT2D eigenvalue weighted by Gasteiger charge is -2.21. The molecule has 22 heavy (non-hydrogen) atoms. The largest absolute Gasteiger partial charge is 0.478 e. The van der Waals surface area contributed by atoms with E-state index in [1.807, 2.05) is 0 Å². The summed E-state index contributed by atoms with van der Waals surface area (Å²) in [7, 11) is 0. The van der Waals surface area contributed by atoms with Crippen LogP contribution >= 0.6 is 0 Å². The van der Waals surface area contributed by atoms with E-state index in [0.717, 1.165) is 6.07 Å². The number of hydrogen-bond acceptors (Lipinski definition) is 1. The molecule has 0 amide bonds. The molecule has 0 aliphatic heterocycles. The predicted molar refractivity (Wildman–Crippen MR) is 68.8 cm³/mol. The van der Waals surface area contributed by atoms with Gasteiger partial charge in [-0.2, -0.15) is 22.0 Å². The molecule has 0 atom stereocenters. The highest BCUT2D eigenvalue weighted by molar-refractivity contribution is 5.96. The minimum Gasteiger partial charge on any atom is -0.478 e. The zero-order valence-electron chi connectivity index (χ0n) is 10.9. The number of carbonyl (C=O) groups is 1. The molecule has 2 nitrogen and oxygen atoms in total. The van der Waals surface area contributed by atoms with Crippen molar-refractivity contribution in [2.75, 3.05) is 0 Å². The maximum atomic E-state index is 13.3. The molecule has 0 radical (unpaired) electrons. The smallest absolute Gasteiger partial charge is 0.458 e. The molecule has 0 spiro atoms. The molecule has 2 rings (SSSR count). The predicted octanol–water partition coefficient (Wildman–Crippen LogP) is 4.71. The van der Waals surface area contributed by atoms with Gasteiger partial charge in [-0.3, -0.25) is 0 Å². The van der Waals surface area contributed by atoms with E-state index in [-0.39, 0.29) is 5.56 Å². The molecule has 0 unspecified atom stereocenters. The topological polar surface area (TPSA) is 37.3 Å². The fraction of sp³-hybridized carbons (Fsp3) is 0.133. The molecule has 0 aliphatic rings. The van der Waals surface area contributed by atoms with Gasteiger partial charge in [-0.05, 0) is 17.2 Å². The molecule has 0 heterocycles. The van der Waals surface area contributed by atoms with Crippen LogP contribution < -0.4 is 0 Å². The number of alkyl halides is 5. The van der Waals surface area contributed by atoms with Gasteiger partial charge in [0.05, 0.1) is 5.56 Å². The van der Waals surface area contributed by atoms with E-state index in [1.165, 1.54) is 12.1 Å².